The molecule has 0 aliphatic heterocycles. The molecule has 0 spiro atoms. The molecule has 3 rings (SSSR count). The van der Waals surface area contributed by atoms with E-state index in [0.29, 0.717) is 17.6 Å². The normalized spacial score (nSPS) is 22.2. The van der Waals surface area contributed by atoms with Gasteiger partial charge in [-0.1, -0.05) is 56.7 Å². The molecule has 2 nitrogen and oxygen atoms in total. The van der Waals surface area contributed by atoms with Crippen molar-refractivity contribution in [2.75, 3.05) is 5.32 Å². The molecule has 2 aliphatic rings. The zero-order valence-corrected chi connectivity index (χ0v) is 13.6. The number of nitrogens with one attached hydrogen (secondary N) is 1. The summed E-state index contributed by atoms with van der Waals surface area (Å²) in [6.07, 6.45) is 12.3. The zero-order chi connectivity index (χ0) is 15.2. The lowest BCUT2D eigenvalue weighted by molar-refractivity contribution is -0.125. The van der Waals surface area contributed by atoms with Gasteiger partial charge in [0.2, 0.25) is 0 Å². The lowest BCUT2D eigenvalue weighted by Gasteiger charge is -2.34. The highest BCUT2D eigenvalue weighted by atomic mass is 16.1. The van der Waals surface area contributed by atoms with Crippen molar-refractivity contribution in [2.24, 2.45) is 11.8 Å². The van der Waals surface area contributed by atoms with Crippen molar-refractivity contribution in [1.29, 1.82) is 0 Å². The number of Topliss-reactive ketones (excluding diaryl/α,β-unsaturated/α-hetero) is 1. The van der Waals surface area contributed by atoms with Gasteiger partial charge in [-0.3, -0.25) is 4.79 Å². The van der Waals surface area contributed by atoms with Gasteiger partial charge in [0.05, 0.1) is 6.04 Å². The third-order valence-electron chi connectivity index (χ3n) is 5.53. The highest BCUT2D eigenvalue weighted by Gasteiger charge is 2.34. The number of hydrogen-bond acceptors (Lipinski definition) is 2. The first-order valence-electron chi connectivity index (χ1n) is 9.20. The molecule has 22 heavy (non-hydrogen) atoms. The number of para-hydroxylation sites is 1. The van der Waals surface area contributed by atoms with E-state index in [0.717, 1.165) is 18.5 Å². The molecular weight excluding hydrogens is 270 g/mol. The second-order valence-corrected chi connectivity index (χ2v) is 7.12. The van der Waals surface area contributed by atoms with E-state index in [4.69, 9.17) is 0 Å². The first-order chi connectivity index (χ1) is 10.8. The van der Waals surface area contributed by atoms with Gasteiger partial charge in [0, 0.05) is 11.6 Å². The van der Waals surface area contributed by atoms with Gasteiger partial charge >= 0.3 is 0 Å². The Morgan fingerprint density at radius 2 is 1.45 bits per heavy atom. The predicted molar refractivity (Wildman–Crippen MR) is 92.0 cm³/mol. The highest BCUT2D eigenvalue weighted by Crippen LogP contribution is 2.33. The Hall–Kier alpha value is -1.31. The van der Waals surface area contributed by atoms with Crippen LogP contribution in [0.4, 0.5) is 5.69 Å². The number of ketones is 1. The molecule has 2 fully saturated rings. The largest absolute Gasteiger partial charge is 0.375 e. The molecule has 2 aliphatic carbocycles. The van der Waals surface area contributed by atoms with Crippen LogP contribution in [0.2, 0.25) is 0 Å². The molecule has 0 heterocycles. The standard InChI is InChI=1S/C20H29NO/c22-20(17-12-6-2-7-13-17)19(16-10-4-1-5-11-16)21-18-14-8-3-9-15-18/h3,8-9,14-17,19,21H,1-2,4-7,10-13H2/t19-/m1/s1. The summed E-state index contributed by atoms with van der Waals surface area (Å²) >= 11 is 0. The van der Waals surface area contributed by atoms with E-state index >= 15 is 0 Å². The van der Waals surface area contributed by atoms with Crippen molar-refractivity contribution in [1.82, 2.24) is 0 Å². The van der Waals surface area contributed by atoms with E-state index in [-0.39, 0.29) is 6.04 Å². The van der Waals surface area contributed by atoms with Crippen LogP contribution in [0.1, 0.15) is 64.2 Å². The van der Waals surface area contributed by atoms with E-state index in [1.807, 2.05) is 18.2 Å². The Bertz CT molecular complexity index is 458. The summed E-state index contributed by atoms with van der Waals surface area (Å²) in [4.78, 5) is 13.1. The molecule has 1 atom stereocenters. The van der Waals surface area contributed by atoms with Gasteiger partial charge in [0.15, 0.2) is 5.78 Å². The lowest BCUT2D eigenvalue weighted by atomic mass is 9.76. The zero-order valence-electron chi connectivity index (χ0n) is 13.6. The first kappa shape index (κ1) is 15.6. The minimum Gasteiger partial charge on any atom is -0.375 e. The monoisotopic (exact) mass is 299 g/mol. The van der Waals surface area contributed by atoms with Crippen LogP contribution in [-0.4, -0.2) is 11.8 Å². The second-order valence-electron chi connectivity index (χ2n) is 7.12. The fourth-order valence-electron chi connectivity index (χ4n) is 4.24. The molecule has 2 heteroatoms. The van der Waals surface area contributed by atoms with E-state index in [1.165, 1.54) is 51.4 Å². The summed E-state index contributed by atoms with van der Waals surface area (Å²) in [5.74, 6) is 1.33. The molecule has 0 unspecified atom stereocenters. The molecule has 0 aromatic heterocycles. The predicted octanol–water partition coefficient (Wildman–Crippen LogP) is 5.20. The Kier molecular flexibility index (Phi) is 5.53. The SMILES string of the molecule is O=C(C1CCCCC1)[C@H](Nc1ccccc1)C1CCCCC1. The molecule has 0 saturated heterocycles. The first-order valence-corrected chi connectivity index (χ1v) is 9.20. The van der Waals surface area contributed by atoms with Crippen LogP contribution in [-0.2, 0) is 4.79 Å². The number of anilines is 1. The number of carbonyl (C=O) groups is 1. The quantitative estimate of drug-likeness (QED) is 0.810. The number of carbonyl (C=O) groups excluding carboxylic acids is 1. The van der Waals surface area contributed by atoms with Gasteiger partial charge in [-0.25, -0.2) is 0 Å². The Morgan fingerprint density at radius 3 is 2.09 bits per heavy atom. The summed E-state index contributed by atoms with van der Waals surface area (Å²) in [5, 5.41) is 3.60. The van der Waals surface area contributed by atoms with Crippen molar-refractivity contribution in [3.8, 4) is 0 Å². The van der Waals surface area contributed by atoms with Crippen LogP contribution in [0.25, 0.3) is 0 Å². The molecule has 0 bridgehead atoms. The second kappa shape index (κ2) is 7.80. The summed E-state index contributed by atoms with van der Waals surface area (Å²) in [5.41, 5.74) is 1.10. The van der Waals surface area contributed by atoms with E-state index < -0.39 is 0 Å². The molecule has 0 amide bonds. The Morgan fingerprint density at radius 1 is 0.864 bits per heavy atom. The fraction of sp³-hybridized carbons (Fsp3) is 0.650. The molecule has 0 radical (unpaired) electrons. The van der Waals surface area contributed by atoms with E-state index in [2.05, 4.69) is 17.4 Å². The van der Waals surface area contributed by atoms with Crippen LogP contribution in [0.3, 0.4) is 0 Å². The van der Waals surface area contributed by atoms with Gasteiger partial charge in [0.1, 0.15) is 0 Å². The minimum absolute atomic E-state index is 0.0331. The smallest absolute Gasteiger partial charge is 0.158 e. The maximum atomic E-state index is 13.1. The minimum atomic E-state index is 0.0331. The fourth-order valence-corrected chi connectivity index (χ4v) is 4.24. The number of benzene rings is 1. The van der Waals surface area contributed by atoms with Crippen LogP contribution < -0.4 is 5.32 Å². The molecule has 1 aromatic carbocycles. The topological polar surface area (TPSA) is 29.1 Å². The number of rotatable bonds is 5. The highest BCUT2D eigenvalue weighted by molar-refractivity contribution is 5.89. The van der Waals surface area contributed by atoms with Crippen LogP contribution in [0.5, 0.6) is 0 Å². The van der Waals surface area contributed by atoms with Crippen LogP contribution in [0.15, 0.2) is 30.3 Å². The Balaban J connectivity index is 1.73. The summed E-state index contributed by atoms with van der Waals surface area (Å²) in [6.45, 7) is 0. The third-order valence-corrected chi connectivity index (χ3v) is 5.53. The van der Waals surface area contributed by atoms with Gasteiger partial charge in [-0.2, -0.15) is 0 Å². The van der Waals surface area contributed by atoms with E-state index in [9.17, 15) is 4.79 Å². The van der Waals surface area contributed by atoms with Gasteiger partial charge in [0.25, 0.3) is 0 Å². The van der Waals surface area contributed by atoms with E-state index in [1.54, 1.807) is 0 Å². The van der Waals surface area contributed by atoms with Crippen molar-refractivity contribution < 1.29 is 4.79 Å². The molecule has 1 aromatic rings. The van der Waals surface area contributed by atoms with Crippen molar-refractivity contribution in [3.63, 3.8) is 0 Å². The maximum absolute atomic E-state index is 13.1. The molecular formula is C20H29NO. The maximum Gasteiger partial charge on any atom is 0.158 e. The van der Waals surface area contributed by atoms with Crippen LogP contribution in [0, 0.1) is 11.8 Å². The summed E-state index contributed by atoms with van der Waals surface area (Å²) in [6, 6.07) is 10.3. The average molecular weight is 299 g/mol. The van der Waals surface area contributed by atoms with Gasteiger partial charge in [-0.05, 0) is 43.7 Å². The van der Waals surface area contributed by atoms with Crippen molar-refractivity contribution >= 4 is 11.5 Å². The summed E-state index contributed by atoms with van der Waals surface area (Å²) in [7, 11) is 0. The number of hydrogen-bond donors (Lipinski definition) is 1. The van der Waals surface area contributed by atoms with Crippen molar-refractivity contribution in [3.05, 3.63) is 30.3 Å². The lowest BCUT2D eigenvalue weighted by Crippen LogP contribution is -2.42. The van der Waals surface area contributed by atoms with Gasteiger partial charge < -0.3 is 5.32 Å². The molecule has 120 valence electrons. The van der Waals surface area contributed by atoms with Crippen LogP contribution >= 0.6 is 0 Å². The molecule has 2 saturated carbocycles. The average Bonchev–Trinajstić information content (AvgIpc) is 2.61. The molecule has 1 N–H and O–H groups in total. The Labute approximate surface area is 134 Å². The third kappa shape index (κ3) is 3.91. The van der Waals surface area contributed by atoms with Crippen molar-refractivity contribution in [2.45, 2.75) is 70.3 Å². The van der Waals surface area contributed by atoms with Gasteiger partial charge in [-0.15, -0.1) is 0 Å². The summed E-state index contributed by atoms with van der Waals surface area (Å²) < 4.78 is 0.